The van der Waals surface area contributed by atoms with Crippen molar-refractivity contribution in [3.63, 3.8) is 0 Å². The quantitative estimate of drug-likeness (QED) is 0.577. The lowest BCUT2D eigenvalue weighted by molar-refractivity contribution is 0.115. The van der Waals surface area contributed by atoms with E-state index in [4.69, 9.17) is 22.4 Å². The highest BCUT2D eigenvalue weighted by Gasteiger charge is 2.29. The molecule has 0 spiro atoms. The van der Waals surface area contributed by atoms with Crippen LogP contribution < -0.4 is 11.1 Å². The van der Waals surface area contributed by atoms with Crippen molar-refractivity contribution >= 4 is 29.1 Å². The summed E-state index contributed by atoms with van der Waals surface area (Å²) in [6, 6.07) is 17.7. The van der Waals surface area contributed by atoms with Crippen LogP contribution in [0.4, 0.5) is 16.3 Å². The van der Waals surface area contributed by atoms with Gasteiger partial charge in [0.15, 0.2) is 5.82 Å². The Morgan fingerprint density at radius 3 is 2.33 bits per heavy atom. The molecule has 1 saturated carbocycles. The van der Waals surface area contributed by atoms with E-state index < -0.39 is 0 Å². The summed E-state index contributed by atoms with van der Waals surface area (Å²) in [4.78, 5) is 17.6. The predicted octanol–water partition coefficient (Wildman–Crippen LogP) is 4.87. The number of amides is 2. The number of anilines is 2. The van der Waals surface area contributed by atoms with Crippen molar-refractivity contribution in [1.29, 1.82) is 0 Å². The van der Waals surface area contributed by atoms with Crippen LogP contribution in [0.1, 0.15) is 25.7 Å². The second kappa shape index (κ2) is 9.45. The molecule has 1 aliphatic heterocycles. The van der Waals surface area contributed by atoms with E-state index in [0.29, 0.717) is 47.0 Å². The third-order valence-corrected chi connectivity index (χ3v) is 7.04. The molecule has 8 heteroatoms. The van der Waals surface area contributed by atoms with Crippen LogP contribution in [0.15, 0.2) is 54.6 Å². The number of urea groups is 1. The maximum absolute atomic E-state index is 13.2. The largest absolute Gasteiger partial charge is 0.382 e. The van der Waals surface area contributed by atoms with Crippen molar-refractivity contribution in [2.45, 2.75) is 31.7 Å². The van der Waals surface area contributed by atoms with E-state index in [0.717, 1.165) is 18.7 Å². The molecule has 2 aliphatic rings. The highest BCUT2D eigenvalue weighted by Crippen LogP contribution is 2.35. The van der Waals surface area contributed by atoms with Gasteiger partial charge in [0.25, 0.3) is 0 Å². The topological polar surface area (TPSA) is 79.4 Å². The number of aromatic nitrogens is 2. The maximum Gasteiger partial charge on any atom is 0.322 e. The van der Waals surface area contributed by atoms with Gasteiger partial charge in [-0.15, -0.1) is 0 Å². The summed E-state index contributed by atoms with van der Waals surface area (Å²) in [6.07, 6.45) is 5.21. The number of hydrogen-bond acceptors (Lipinski definition) is 4. The fourth-order valence-corrected chi connectivity index (χ4v) is 5.12. The number of para-hydroxylation sites is 1. The summed E-state index contributed by atoms with van der Waals surface area (Å²) < 4.78 is 1.60. The van der Waals surface area contributed by atoms with Crippen molar-refractivity contribution in [2.75, 3.05) is 37.2 Å². The fourth-order valence-electron chi connectivity index (χ4n) is 4.91. The fraction of sp³-hybridized carbons (Fsp3) is 0.360. The molecule has 0 radical (unpaired) electrons. The summed E-state index contributed by atoms with van der Waals surface area (Å²) in [6.45, 7) is 3.25. The lowest BCUT2D eigenvalue weighted by Crippen LogP contribution is -2.52. The van der Waals surface area contributed by atoms with E-state index in [1.54, 1.807) is 10.7 Å². The molecule has 0 atom stereocenters. The van der Waals surface area contributed by atoms with Gasteiger partial charge < -0.3 is 16.0 Å². The molecule has 1 aliphatic carbocycles. The van der Waals surface area contributed by atoms with Crippen LogP contribution in [0.25, 0.3) is 16.9 Å². The molecule has 3 aromatic rings. The SMILES string of the molecule is Nc1c(NC(=O)N2CCN(C3CCCC3)CC2)c(-c2ccccc2)nn1-c1ccccc1Cl. The van der Waals surface area contributed by atoms with Gasteiger partial charge in [-0.05, 0) is 25.0 Å². The number of piperazine rings is 1. The van der Waals surface area contributed by atoms with Crippen LogP contribution in [0.5, 0.6) is 0 Å². The van der Waals surface area contributed by atoms with Gasteiger partial charge >= 0.3 is 6.03 Å². The Morgan fingerprint density at radius 2 is 1.64 bits per heavy atom. The Hall–Kier alpha value is -3.03. The minimum absolute atomic E-state index is 0.149. The molecule has 2 aromatic carbocycles. The summed E-state index contributed by atoms with van der Waals surface area (Å²) >= 11 is 6.42. The molecule has 5 rings (SSSR count). The zero-order valence-corrected chi connectivity index (χ0v) is 19.3. The van der Waals surface area contributed by atoms with Crippen molar-refractivity contribution in [3.05, 3.63) is 59.6 Å². The van der Waals surface area contributed by atoms with Gasteiger partial charge in [-0.3, -0.25) is 4.90 Å². The monoisotopic (exact) mass is 464 g/mol. The Labute approximate surface area is 199 Å². The minimum atomic E-state index is -0.149. The summed E-state index contributed by atoms with van der Waals surface area (Å²) in [5, 5.41) is 8.33. The van der Waals surface area contributed by atoms with Crippen molar-refractivity contribution in [2.24, 2.45) is 0 Å². The number of hydrogen-bond donors (Lipinski definition) is 2. The number of benzene rings is 2. The highest BCUT2D eigenvalue weighted by atomic mass is 35.5. The lowest BCUT2D eigenvalue weighted by Gasteiger charge is -2.38. The molecular weight excluding hydrogens is 436 g/mol. The molecule has 172 valence electrons. The zero-order chi connectivity index (χ0) is 22.8. The van der Waals surface area contributed by atoms with Gasteiger partial charge in [0, 0.05) is 37.8 Å². The van der Waals surface area contributed by atoms with Crippen LogP contribution in [-0.4, -0.2) is 57.8 Å². The molecule has 2 heterocycles. The number of nitrogen functional groups attached to an aromatic ring is 1. The number of rotatable bonds is 4. The molecule has 2 amide bonds. The number of nitrogens with two attached hydrogens (primary N) is 1. The Balaban J connectivity index is 1.40. The first kappa shape index (κ1) is 21.8. The predicted molar refractivity (Wildman–Crippen MR) is 133 cm³/mol. The first-order valence-electron chi connectivity index (χ1n) is 11.6. The third-order valence-electron chi connectivity index (χ3n) is 6.72. The van der Waals surface area contributed by atoms with Gasteiger partial charge in [0.05, 0.1) is 10.7 Å². The third kappa shape index (κ3) is 4.43. The van der Waals surface area contributed by atoms with Crippen LogP contribution in [0, 0.1) is 0 Å². The Morgan fingerprint density at radius 1 is 0.970 bits per heavy atom. The Bertz CT molecular complexity index is 1120. The van der Waals surface area contributed by atoms with E-state index in [1.165, 1.54) is 25.7 Å². The number of halogens is 1. The number of nitrogens with zero attached hydrogens (tertiary/aromatic N) is 4. The van der Waals surface area contributed by atoms with Gasteiger partial charge in [-0.1, -0.05) is 66.9 Å². The van der Waals surface area contributed by atoms with Gasteiger partial charge in [-0.2, -0.15) is 5.10 Å². The standard InChI is InChI=1S/C25H29ClN6O/c26-20-12-6-7-13-21(20)32-24(27)23(22(29-32)18-8-2-1-3-9-18)28-25(33)31-16-14-30(15-17-31)19-10-4-5-11-19/h1-3,6-9,12-13,19H,4-5,10-11,14-17,27H2,(H,28,33). The molecule has 2 fully saturated rings. The van der Waals surface area contributed by atoms with Crippen LogP contribution >= 0.6 is 11.6 Å². The van der Waals surface area contributed by atoms with Crippen LogP contribution in [0.2, 0.25) is 5.02 Å². The molecule has 1 aromatic heterocycles. The normalized spacial score (nSPS) is 17.4. The zero-order valence-electron chi connectivity index (χ0n) is 18.6. The average Bonchev–Trinajstić information content (AvgIpc) is 3.49. The molecule has 3 N–H and O–H groups in total. The summed E-state index contributed by atoms with van der Waals surface area (Å²) in [5.41, 5.74) is 9.18. The number of nitrogens with one attached hydrogen (secondary N) is 1. The highest BCUT2D eigenvalue weighted by molar-refractivity contribution is 6.32. The molecule has 33 heavy (non-hydrogen) atoms. The maximum atomic E-state index is 13.2. The first-order chi connectivity index (χ1) is 16.1. The van der Waals surface area contributed by atoms with Crippen LogP contribution in [0.3, 0.4) is 0 Å². The van der Waals surface area contributed by atoms with E-state index in [9.17, 15) is 4.79 Å². The first-order valence-corrected chi connectivity index (χ1v) is 12.0. The van der Waals surface area contributed by atoms with E-state index in [1.807, 2.05) is 53.4 Å². The molecule has 7 nitrogen and oxygen atoms in total. The van der Waals surface area contributed by atoms with Gasteiger partial charge in [0.2, 0.25) is 0 Å². The molecular formula is C25H29ClN6O. The molecule has 0 bridgehead atoms. The van der Waals surface area contributed by atoms with Crippen molar-refractivity contribution in [1.82, 2.24) is 19.6 Å². The van der Waals surface area contributed by atoms with Crippen LogP contribution in [-0.2, 0) is 0 Å². The minimum Gasteiger partial charge on any atom is -0.382 e. The second-order valence-corrected chi connectivity index (χ2v) is 9.14. The summed E-state index contributed by atoms with van der Waals surface area (Å²) in [5.74, 6) is 0.347. The molecule has 1 saturated heterocycles. The smallest absolute Gasteiger partial charge is 0.322 e. The van der Waals surface area contributed by atoms with E-state index in [2.05, 4.69) is 10.2 Å². The number of carbonyl (C=O) groups is 1. The van der Waals surface area contributed by atoms with Crippen molar-refractivity contribution in [3.8, 4) is 16.9 Å². The van der Waals surface area contributed by atoms with Gasteiger partial charge in [0.1, 0.15) is 11.4 Å². The number of carbonyl (C=O) groups excluding carboxylic acids is 1. The lowest BCUT2D eigenvalue weighted by atomic mass is 10.1. The van der Waals surface area contributed by atoms with E-state index >= 15 is 0 Å². The van der Waals surface area contributed by atoms with E-state index in [-0.39, 0.29) is 6.03 Å². The second-order valence-electron chi connectivity index (χ2n) is 8.73. The Kier molecular flexibility index (Phi) is 6.24. The summed E-state index contributed by atoms with van der Waals surface area (Å²) in [7, 11) is 0. The van der Waals surface area contributed by atoms with Crippen molar-refractivity contribution < 1.29 is 4.79 Å². The van der Waals surface area contributed by atoms with Gasteiger partial charge in [-0.25, -0.2) is 9.48 Å². The average molecular weight is 465 g/mol. The molecule has 0 unspecified atom stereocenters.